The van der Waals surface area contributed by atoms with Gasteiger partial charge in [-0.3, -0.25) is 4.79 Å². The molecule has 146 valence electrons. The Hall–Kier alpha value is -1.48. The molecule has 1 aromatic carbocycles. The Bertz CT molecular complexity index is 854. The maximum absolute atomic E-state index is 13.0. The number of amides is 1. The molecule has 3 rings (SSSR count). The summed E-state index contributed by atoms with van der Waals surface area (Å²) in [5.74, 6) is 0.0276. The van der Waals surface area contributed by atoms with Gasteiger partial charge < -0.3 is 5.32 Å². The Kier molecular flexibility index (Phi) is 6.86. The molecule has 9 heteroatoms. The van der Waals surface area contributed by atoms with Gasteiger partial charge in [-0.15, -0.1) is 22.9 Å². The molecule has 0 radical (unpaired) electrons. The smallest absolute Gasteiger partial charge is 0.243 e. The number of carbonyl (C=O) groups is 1. The van der Waals surface area contributed by atoms with E-state index in [2.05, 4.69) is 10.3 Å². The van der Waals surface area contributed by atoms with E-state index in [0.717, 1.165) is 18.4 Å². The second-order valence-corrected chi connectivity index (χ2v) is 9.68. The highest BCUT2D eigenvalue weighted by Gasteiger charge is 2.33. The van der Waals surface area contributed by atoms with Gasteiger partial charge in [-0.05, 0) is 43.4 Å². The van der Waals surface area contributed by atoms with Crippen LogP contribution in [0.5, 0.6) is 0 Å². The number of aryl methyl sites for hydroxylation is 1. The minimum atomic E-state index is -3.61. The van der Waals surface area contributed by atoms with Crippen molar-refractivity contribution >= 4 is 44.0 Å². The Morgan fingerprint density at radius 2 is 2.11 bits per heavy atom. The fourth-order valence-corrected chi connectivity index (χ4v) is 5.30. The molecule has 1 amide bonds. The lowest BCUT2D eigenvalue weighted by Crippen LogP contribution is -2.43. The number of nitrogens with zero attached hydrogens (tertiary/aromatic N) is 2. The highest BCUT2D eigenvalue weighted by molar-refractivity contribution is 7.89. The van der Waals surface area contributed by atoms with Gasteiger partial charge in [0.2, 0.25) is 15.9 Å². The first-order chi connectivity index (χ1) is 13.0. The van der Waals surface area contributed by atoms with Crippen molar-refractivity contribution in [1.82, 2.24) is 9.29 Å². The third-order valence-corrected chi connectivity index (χ3v) is 7.41. The summed E-state index contributed by atoms with van der Waals surface area (Å²) in [5, 5.41) is 5.08. The van der Waals surface area contributed by atoms with Gasteiger partial charge >= 0.3 is 0 Å². The van der Waals surface area contributed by atoms with Gasteiger partial charge in [-0.1, -0.05) is 12.1 Å². The van der Waals surface area contributed by atoms with Crippen molar-refractivity contribution in [3.05, 3.63) is 41.4 Å². The Labute approximate surface area is 168 Å². The number of sulfonamides is 1. The number of aromatic nitrogens is 1. The summed E-state index contributed by atoms with van der Waals surface area (Å²) in [6.07, 6.45) is 4.63. The number of piperidine rings is 1. The maximum Gasteiger partial charge on any atom is 0.243 e. The van der Waals surface area contributed by atoms with Gasteiger partial charge in [0.05, 0.1) is 10.8 Å². The van der Waals surface area contributed by atoms with Crippen molar-refractivity contribution < 1.29 is 13.2 Å². The number of thiazole rings is 1. The van der Waals surface area contributed by atoms with Crippen LogP contribution in [0.4, 0.5) is 5.13 Å². The molecule has 0 aliphatic carbocycles. The number of anilines is 1. The highest BCUT2D eigenvalue weighted by Crippen LogP contribution is 2.25. The first-order valence-corrected chi connectivity index (χ1v) is 11.7. The predicted molar refractivity (Wildman–Crippen MR) is 108 cm³/mol. The summed E-state index contributed by atoms with van der Waals surface area (Å²) in [6.45, 7) is 0.616. The minimum Gasteiger partial charge on any atom is -0.302 e. The van der Waals surface area contributed by atoms with Crippen LogP contribution < -0.4 is 5.32 Å². The Morgan fingerprint density at radius 3 is 2.78 bits per heavy atom. The van der Waals surface area contributed by atoms with E-state index in [9.17, 15) is 13.2 Å². The number of halogens is 1. The van der Waals surface area contributed by atoms with E-state index in [1.807, 2.05) is 12.1 Å². The van der Waals surface area contributed by atoms with E-state index in [4.69, 9.17) is 11.6 Å². The molecular weight excluding hydrogens is 406 g/mol. The molecule has 1 aliphatic rings. The largest absolute Gasteiger partial charge is 0.302 e. The summed E-state index contributed by atoms with van der Waals surface area (Å²) in [5.41, 5.74) is 1.06. The topological polar surface area (TPSA) is 79.4 Å². The van der Waals surface area contributed by atoms with Gasteiger partial charge in [-0.2, -0.15) is 4.31 Å². The standard InChI is InChI=1S/C18H22ClN3O3S2/c19-9-1-3-14-5-7-16(8-6-14)27(24,25)22-11-2-4-15(13-22)17(23)21-18-20-10-12-26-18/h5-8,10,12,15H,1-4,9,11,13H2,(H,20,21,23). The molecule has 1 N–H and O–H groups in total. The molecule has 1 fully saturated rings. The van der Waals surface area contributed by atoms with Gasteiger partial charge in [0, 0.05) is 30.5 Å². The van der Waals surface area contributed by atoms with Gasteiger partial charge in [0.25, 0.3) is 0 Å². The molecule has 1 saturated heterocycles. The molecule has 2 aromatic rings. The second kappa shape index (κ2) is 9.14. The molecular formula is C18H22ClN3O3S2. The molecule has 27 heavy (non-hydrogen) atoms. The summed E-state index contributed by atoms with van der Waals surface area (Å²) in [4.78, 5) is 16.7. The van der Waals surface area contributed by atoms with E-state index >= 15 is 0 Å². The molecule has 1 atom stereocenters. The number of rotatable bonds is 7. The fraction of sp³-hybridized carbons (Fsp3) is 0.444. The van der Waals surface area contributed by atoms with Crippen molar-refractivity contribution in [2.24, 2.45) is 5.92 Å². The number of alkyl halides is 1. The zero-order valence-electron chi connectivity index (χ0n) is 14.8. The van der Waals surface area contributed by atoms with Crippen molar-refractivity contribution in [3.8, 4) is 0 Å². The lowest BCUT2D eigenvalue weighted by Gasteiger charge is -2.31. The average Bonchev–Trinajstić information content (AvgIpc) is 3.20. The van der Waals surface area contributed by atoms with Crippen LogP contribution in [-0.2, 0) is 21.2 Å². The lowest BCUT2D eigenvalue weighted by molar-refractivity contribution is -0.120. The molecule has 0 saturated carbocycles. The van der Waals surface area contributed by atoms with Crippen LogP contribution in [0.15, 0.2) is 40.7 Å². The zero-order chi connectivity index (χ0) is 19.3. The van der Waals surface area contributed by atoms with E-state index in [1.165, 1.54) is 15.6 Å². The first-order valence-electron chi connectivity index (χ1n) is 8.86. The molecule has 2 heterocycles. The molecule has 1 aliphatic heterocycles. The fourth-order valence-electron chi connectivity index (χ4n) is 3.12. The normalized spacial score (nSPS) is 18.3. The monoisotopic (exact) mass is 427 g/mol. The van der Waals surface area contributed by atoms with Crippen molar-refractivity contribution in [2.75, 3.05) is 24.3 Å². The van der Waals surface area contributed by atoms with Gasteiger partial charge in [0.15, 0.2) is 5.13 Å². The zero-order valence-corrected chi connectivity index (χ0v) is 17.2. The molecule has 0 bridgehead atoms. The number of nitrogens with one attached hydrogen (secondary N) is 1. The van der Waals surface area contributed by atoms with Crippen molar-refractivity contribution in [3.63, 3.8) is 0 Å². The average molecular weight is 428 g/mol. The quantitative estimate of drug-likeness (QED) is 0.687. The summed E-state index contributed by atoms with van der Waals surface area (Å²) >= 11 is 7.04. The van der Waals surface area contributed by atoms with Crippen LogP contribution >= 0.6 is 22.9 Å². The summed E-state index contributed by atoms with van der Waals surface area (Å²) in [7, 11) is -3.61. The van der Waals surface area contributed by atoms with Crippen LogP contribution in [-0.4, -0.2) is 42.6 Å². The maximum atomic E-state index is 13.0. The highest BCUT2D eigenvalue weighted by atomic mass is 35.5. The van der Waals surface area contributed by atoms with Crippen LogP contribution in [0.1, 0.15) is 24.8 Å². The first kappa shape index (κ1) is 20.3. The van der Waals surface area contributed by atoms with E-state index in [-0.39, 0.29) is 23.3 Å². The molecule has 6 nitrogen and oxygen atoms in total. The predicted octanol–water partition coefficient (Wildman–Crippen LogP) is 3.35. The molecule has 1 unspecified atom stereocenters. The Morgan fingerprint density at radius 1 is 1.33 bits per heavy atom. The van der Waals surface area contributed by atoms with Crippen LogP contribution in [0, 0.1) is 5.92 Å². The van der Waals surface area contributed by atoms with Crippen molar-refractivity contribution in [2.45, 2.75) is 30.6 Å². The summed E-state index contributed by atoms with van der Waals surface area (Å²) in [6, 6.07) is 6.93. The van der Waals surface area contributed by atoms with Gasteiger partial charge in [-0.25, -0.2) is 13.4 Å². The van der Waals surface area contributed by atoms with E-state index in [0.29, 0.717) is 30.4 Å². The van der Waals surface area contributed by atoms with Crippen molar-refractivity contribution in [1.29, 1.82) is 0 Å². The SMILES string of the molecule is O=C(Nc1nccs1)C1CCCN(S(=O)(=O)c2ccc(CCCCl)cc2)C1. The lowest BCUT2D eigenvalue weighted by atomic mass is 9.99. The number of hydrogen-bond donors (Lipinski definition) is 1. The Balaban J connectivity index is 1.67. The molecule has 0 spiro atoms. The van der Waals surface area contributed by atoms with E-state index < -0.39 is 10.0 Å². The summed E-state index contributed by atoms with van der Waals surface area (Å²) < 4.78 is 27.3. The van der Waals surface area contributed by atoms with Crippen LogP contribution in [0.3, 0.4) is 0 Å². The minimum absolute atomic E-state index is 0.179. The number of carbonyl (C=O) groups excluding carboxylic acids is 1. The second-order valence-electron chi connectivity index (χ2n) is 6.47. The van der Waals surface area contributed by atoms with Gasteiger partial charge in [0.1, 0.15) is 0 Å². The third-order valence-electron chi connectivity index (χ3n) is 4.58. The third kappa shape index (κ3) is 5.07. The molecule has 1 aromatic heterocycles. The number of benzene rings is 1. The number of hydrogen-bond acceptors (Lipinski definition) is 5. The van der Waals surface area contributed by atoms with Crippen LogP contribution in [0.2, 0.25) is 0 Å². The van der Waals surface area contributed by atoms with Crippen LogP contribution in [0.25, 0.3) is 0 Å². The van der Waals surface area contributed by atoms with E-state index in [1.54, 1.807) is 23.7 Å².